The number of benzene rings is 1. The summed E-state index contributed by atoms with van der Waals surface area (Å²) in [6.07, 6.45) is 6.80. The van der Waals surface area contributed by atoms with Gasteiger partial charge < -0.3 is 10.1 Å². The fourth-order valence-electron chi connectivity index (χ4n) is 3.96. The molecule has 4 aromatic rings. The second-order valence-corrected chi connectivity index (χ2v) is 9.62. The molecule has 10 heteroatoms. The number of pyridine rings is 1. The SMILES string of the molecule is Cc1nc(S(C)(=O)=O)ccc1-c1cnc(NCc2c(F)ccc3c2CCO3)n2cncc12. The minimum Gasteiger partial charge on any atom is -0.493 e. The zero-order valence-corrected chi connectivity index (χ0v) is 18.3. The number of nitrogens with zero attached hydrogens (tertiary/aromatic N) is 4. The van der Waals surface area contributed by atoms with Crippen LogP contribution in [0.15, 0.2) is 48.0 Å². The van der Waals surface area contributed by atoms with Crippen LogP contribution in [0.25, 0.3) is 16.6 Å². The van der Waals surface area contributed by atoms with Crippen LogP contribution in [0.4, 0.5) is 10.3 Å². The molecule has 3 aromatic heterocycles. The fourth-order valence-corrected chi connectivity index (χ4v) is 4.58. The minimum atomic E-state index is -3.40. The number of aromatic nitrogens is 4. The molecule has 0 saturated carbocycles. The van der Waals surface area contributed by atoms with Gasteiger partial charge in [0.25, 0.3) is 0 Å². The van der Waals surface area contributed by atoms with Crippen molar-refractivity contribution in [3.8, 4) is 16.9 Å². The van der Waals surface area contributed by atoms with Gasteiger partial charge in [-0.2, -0.15) is 0 Å². The van der Waals surface area contributed by atoms with Crippen molar-refractivity contribution >= 4 is 21.3 Å². The Morgan fingerprint density at radius 2 is 2.03 bits per heavy atom. The summed E-state index contributed by atoms with van der Waals surface area (Å²) in [7, 11) is -3.40. The highest BCUT2D eigenvalue weighted by atomic mass is 32.2. The Bertz CT molecular complexity index is 1470. The standard InChI is InChI=1S/C22H20FN5O3S/c1-13-14(3-6-21(27-13)32(2,29)30)17-10-26-22(28-12-24-11-19(17)28)25-9-16-15-7-8-31-20(15)5-4-18(16)23/h3-6,10-12H,7-9H2,1-2H3,(H,25,26). The van der Waals surface area contributed by atoms with Crippen LogP contribution in [0.1, 0.15) is 16.8 Å². The van der Waals surface area contributed by atoms with Crippen molar-refractivity contribution in [2.45, 2.75) is 24.9 Å². The Labute approximate surface area is 184 Å². The molecule has 5 rings (SSSR count). The predicted octanol–water partition coefficient (Wildman–Crippen LogP) is 3.19. The minimum absolute atomic E-state index is 0.0240. The predicted molar refractivity (Wildman–Crippen MR) is 117 cm³/mol. The van der Waals surface area contributed by atoms with E-state index in [-0.39, 0.29) is 17.4 Å². The Kier molecular flexibility index (Phi) is 4.81. The van der Waals surface area contributed by atoms with Crippen LogP contribution in [-0.2, 0) is 22.8 Å². The number of ether oxygens (including phenoxy) is 1. The van der Waals surface area contributed by atoms with E-state index < -0.39 is 9.84 Å². The van der Waals surface area contributed by atoms with Gasteiger partial charge in [0.2, 0.25) is 5.95 Å². The van der Waals surface area contributed by atoms with Crippen LogP contribution in [0.2, 0.25) is 0 Å². The van der Waals surface area contributed by atoms with Crippen molar-refractivity contribution in [3.05, 3.63) is 65.6 Å². The fraction of sp³-hybridized carbons (Fsp3) is 0.227. The van der Waals surface area contributed by atoms with Crippen molar-refractivity contribution in [1.29, 1.82) is 0 Å². The zero-order valence-electron chi connectivity index (χ0n) is 17.5. The maximum atomic E-state index is 14.5. The third-order valence-electron chi connectivity index (χ3n) is 5.55. The first-order chi connectivity index (χ1) is 15.3. The third kappa shape index (κ3) is 3.46. The number of rotatable bonds is 5. The Hall–Kier alpha value is -3.53. The number of imidazole rings is 1. The maximum absolute atomic E-state index is 14.5. The molecule has 0 bridgehead atoms. The second kappa shape index (κ2) is 7.56. The molecule has 8 nitrogen and oxygen atoms in total. The first kappa shape index (κ1) is 20.4. The molecule has 1 aromatic carbocycles. The summed E-state index contributed by atoms with van der Waals surface area (Å²) < 4.78 is 45.4. The van der Waals surface area contributed by atoms with E-state index in [0.717, 1.165) is 34.2 Å². The van der Waals surface area contributed by atoms with Crippen molar-refractivity contribution < 1.29 is 17.5 Å². The first-order valence-electron chi connectivity index (χ1n) is 9.99. The molecule has 0 spiro atoms. The van der Waals surface area contributed by atoms with E-state index in [0.29, 0.717) is 30.2 Å². The molecule has 4 heterocycles. The third-order valence-corrected chi connectivity index (χ3v) is 6.54. The highest BCUT2D eigenvalue weighted by molar-refractivity contribution is 7.90. The maximum Gasteiger partial charge on any atom is 0.208 e. The van der Waals surface area contributed by atoms with Crippen LogP contribution in [-0.4, -0.2) is 40.6 Å². The monoisotopic (exact) mass is 453 g/mol. The number of aryl methyl sites for hydroxylation is 1. The smallest absolute Gasteiger partial charge is 0.208 e. The number of hydrogen-bond donors (Lipinski definition) is 1. The molecule has 1 aliphatic rings. The van der Waals surface area contributed by atoms with E-state index in [2.05, 4.69) is 20.3 Å². The molecule has 0 saturated heterocycles. The van der Waals surface area contributed by atoms with Crippen molar-refractivity contribution in [2.24, 2.45) is 0 Å². The lowest BCUT2D eigenvalue weighted by atomic mass is 10.0. The number of nitrogens with one attached hydrogen (secondary N) is 1. The highest BCUT2D eigenvalue weighted by Gasteiger charge is 2.20. The van der Waals surface area contributed by atoms with Gasteiger partial charge in [-0.15, -0.1) is 0 Å². The zero-order chi connectivity index (χ0) is 22.5. The van der Waals surface area contributed by atoms with E-state index >= 15 is 0 Å². The summed E-state index contributed by atoms with van der Waals surface area (Å²) in [6.45, 7) is 2.56. The summed E-state index contributed by atoms with van der Waals surface area (Å²) in [5.74, 6) is 0.947. The van der Waals surface area contributed by atoms with E-state index in [4.69, 9.17) is 4.74 Å². The van der Waals surface area contributed by atoms with E-state index in [1.54, 1.807) is 42.2 Å². The summed E-state index contributed by atoms with van der Waals surface area (Å²) >= 11 is 0. The second-order valence-electron chi connectivity index (χ2n) is 7.65. The molecule has 1 aliphatic heterocycles. The van der Waals surface area contributed by atoms with E-state index in [9.17, 15) is 12.8 Å². The van der Waals surface area contributed by atoms with Crippen molar-refractivity contribution in [1.82, 2.24) is 19.4 Å². The molecule has 0 atom stereocenters. The summed E-state index contributed by atoms with van der Waals surface area (Å²) in [5.41, 5.74) is 4.30. The van der Waals surface area contributed by atoms with Gasteiger partial charge in [-0.1, -0.05) is 0 Å². The lowest BCUT2D eigenvalue weighted by Gasteiger charge is -2.14. The summed E-state index contributed by atoms with van der Waals surface area (Å²) in [4.78, 5) is 13.0. The van der Waals surface area contributed by atoms with E-state index in [1.807, 2.05) is 0 Å². The average Bonchev–Trinajstić information content (AvgIpc) is 3.42. The Morgan fingerprint density at radius 1 is 1.19 bits per heavy atom. The van der Waals surface area contributed by atoms with Crippen LogP contribution >= 0.6 is 0 Å². The number of hydrogen-bond acceptors (Lipinski definition) is 7. The van der Waals surface area contributed by atoms with Crippen molar-refractivity contribution in [3.63, 3.8) is 0 Å². The molecule has 0 aliphatic carbocycles. The van der Waals surface area contributed by atoms with Crippen LogP contribution in [0, 0.1) is 12.7 Å². The molecule has 0 amide bonds. The van der Waals surface area contributed by atoms with Gasteiger partial charge in [-0.05, 0) is 31.2 Å². The van der Waals surface area contributed by atoms with E-state index in [1.165, 1.54) is 12.1 Å². The lowest BCUT2D eigenvalue weighted by molar-refractivity contribution is 0.356. The van der Waals surface area contributed by atoms with Gasteiger partial charge in [0.15, 0.2) is 14.9 Å². The number of anilines is 1. The van der Waals surface area contributed by atoms with Gasteiger partial charge in [-0.3, -0.25) is 4.40 Å². The molecule has 0 fully saturated rings. The van der Waals surface area contributed by atoms with Crippen LogP contribution in [0.3, 0.4) is 0 Å². The molecular weight excluding hydrogens is 433 g/mol. The molecule has 1 N–H and O–H groups in total. The molecule has 32 heavy (non-hydrogen) atoms. The van der Waals surface area contributed by atoms with Gasteiger partial charge >= 0.3 is 0 Å². The first-order valence-corrected chi connectivity index (χ1v) is 11.9. The number of fused-ring (bicyclic) bond motifs is 2. The number of sulfone groups is 1. The Balaban J connectivity index is 1.50. The van der Waals surface area contributed by atoms with Gasteiger partial charge in [0.05, 0.1) is 18.3 Å². The van der Waals surface area contributed by atoms with Crippen molar-refractivity contribution in [2.75, 3.05) is 18.2 Å². The van der Waals surface area contributed by atoms with Crippen LogP contribution in [0.5, 0.6) is 5.75 Å². The quantitative estimate of drug-likeness (QED) is 0.496. The van der Waals surface area contributed by atoms with Gasteiger partial charge in [0.1, 0.15) is 17.9 Å². The molecule has 0 radical (unpaired) electrons. The van der Waals surface area contributed by atoms with Gasteiger partial charge in [0, 0.05) is 53.4 Å². The number of halogens is 1. The molecule has 164 valence electrons. The largest absolute Gasteiger partial charge is 0.493 e. The lowest BCUT2D eigenvalue weighted by Crippen LogP contribution is -2.10. The summed E-state index contributed by atoms with van der Waals surface area (Å²) in [6, 6.07) is 6.28. The molecular formula is C22H20FN5O3S. The van der Waals surface area contributed by atoms with Crippen LogP contribution < -0.4 is 10.1 Å². The Morgan fingerprint density at radius 3 is 2.81 bits per heavy atom. The average molecular weight is 453 g/mol. The van der Waals surface area contributed by atoms with Gasteiger partial charge in [-0.25, -0.2) is 27.8 Å². The topological polar surface area (TPSA) is 98.5 Å². The summed E-state index contributed by atoms with van der Waals surface area (Å²) in [5, 5.41) is 3.23. The normalized spacial score (nSPS) is 13.2. The molecule has 0 unspecified atom stereocenters. The highest BCUT2D eigenvalue weighted by Crippen LogP contribution is 2.32.